The van der Waals surface area contributed by atoms with Crippen LogP contribution in [0, 0.1) is 0 Å². The van der Waals surface area contributed by atoms with Crippen LogP contribution in [0.1, 0.15) is 11.1 Å². The molecule has 172 valence electrons. The third kappa shape index (κ3) is 3.90. The number of nitrogens with one attached hydrogen (secondary N) is 2. The highest BCUT2D eigenvalue weighted by Gasteiger charge is 2.31. The van der Waals surface area contributed by atoms with Gasteiger partial charge in [0.15, 0.2) is 0 Å². The zero-order valence-electron chi connectivity index (χ0n) is 18.4. The highest BCUT2D eigenvalue weighted by molar-refractivity contribution is 6.40. The zero-order chi connectivity index (χ0) is 23.1. The van der Waals surface area contributed by atoms with Gasteiger partial charge in [-0.25, -0.2) is 4.98 Å². The molecule has 7 nitrogen and oxygen atoms in total. The van der Waals surface area contributed by atoms with E-state index in [-0.39, 0.29) is 0 Å². The summed E-state index contributed by atoms with van der Waals surface area (Å²) >= 11 is 13.1. The molecule has 0 spiro atoms. The summed E-state index contributed by atoms with van der Waals surface area (Å²) in [5, 5.41) is 8.00. The molecule has 1 aromatic heterocycles. The number of hydrogen-bond acceptors (Lipinski definition) is 7. The fraction of sp³-hybridized carbons (Fsp3) is 0.240. The quantitative estimate of drug-likeness (QED) is 0.550. The molecule has 4 heterocycles. The molecule has 3 aromatic rings. The maximum absolute atomic E-state index is 6.62. The number of benzene rings is 2. The molecule has 0 amide bonds. The van der Waals surface area contributed by atoms with Gasteiger partial charge in [-0.2, -0.15) is 4.98 Å². The fourth-order valence-corrected chi connectivity index (χ4v) is 5.05. The monoisotopic (exact) mass is 491 g/mol. The molecule has 0 bridgehead atoms. The number of amidine groups is 1. The minimum absolute atomic E-state index is 0.497. The van der Waals surface area contributed by atoms with Crippen LogP contribution in [-0.4, -0.2) is 55.1 Å². The van der Waals surface area contributed by atoms with E-state index in [9.17, 15) is 0 Å². The summed E-state index contributed by atoms with van der Waals surface area (Å²) in [6.45, 7) is 5.38. The predicted molar refractivity (Wildman–Crippen MR) is 141 cm³/mol. The average molecular weight is 492 g/mol. The van der Waals surface area contributed by atoms with E-state index < -0.39 is 0 Å². The lowest BCUT2D eigenvalue weighted by Crippen LogP contribution is -2.43. The number of aliphatic imine (C=N–C) groups is 1. The summed E-state index contributed by atoms with van der Waals surface area (Å²) in [7, 11) is 0. The largest absolute Gasteiger partial charge is 0.369 e. The number of rotatable bonds is 4. The van der Waals surface area contributed by atoms with E-state index in [4.69, 9.17) is 33.2 Å². The van der Waals surface area contributed by atoms with Gasteiger partial charge in [-0.1, -0.05) is 41.4 Å². The Kier molecular flexibility index (Phi) is 5.61. The Balaban J connectivity index is 1.30. The van der Waals surface area contributed by atoms with Gasteiger partial charge in [-0.05, 0) is 30.3 Å². The van der Waals surface area contributed by atoms with Crippen LogP contribution >= 0.6 is 23.2 Å². The first-order valence-corrected chi connectivity index (χ1v) is 12.1. The van der Waals surface area contributed by atoms with Crippen molar-refractivity contribution < 1.29 is 0 Å². The number of fused-ring (bicyclic) bond motifs is 3. The van der Waals surface area contributed by atoms with Gasteiger partial charge >= 0.3 is 0 Å². The molecule has 3 aliphatic rings. The van der Waals surface area contributed by atoms with Crippen LogP contribution in [0.25, 0.3) is 11.6 Å². The first-order valence-electron chi connectivity index (χ1n) is 11.4. The van der Waals surface area contributed by atoms with Crippen molar-refractivity contribution in [1.29, 1.82) is 0 Å². The molecular formula is C25H23Cl2N7. The minimum atomic E-state index is 0.497. The average Bonchev–Trinajstić information content (AvgIpc) is 3.36. The standard InChI is InChI=1S/C25H23Cl2N7/c26-20-4-2-1-3-18(20)19-13-16-15-30-25(32-23(16)34-12-9-29-24(19)34)31-22-6-5-17(14-21(22)27)33-10-7-28-8-11-33/h1-6,13-15,28H,7-12H2,(H,30,31,32). The zero-order valence-corrected chi connectivity index (χ0v) is 19.9. The molecule has 9 heteroatoms. The van der Waals surface area contributed by atoms with E-state index in [1.54, 1.807) is 0 Å². The minimum Gasteiger partial charge on any atom is -0.369 e. The third-order valence-electron chi connectivity index (χ3n) is 6.28. The number of aromatic nitrogens is 2. The van der Waals surface area contributed by atoms with Gasteiger partial charge in [0, 0.05) is 66.3 Å². The first kappa shape index (κ1) is 21.4. The van der Waals surface area contributed by atoms with Gasteiger partial charge in [-0.15, -0.1) is 0 Å². The Morgan fingerprint density at radius 1 is 0.971 bits per heavy atom. The lowest BCUT2D eigenvalue weighted by Gasteiger charge is -2.30. The van der Waals surface area contributed by atoms with Crippen LogP contribution in [0.15, 0.2) is 53.7 Å². The third-order valence-corrected chi connectivity index (χ3v) is 6.92. The van der Waals surface area contributed by atoms with E-state index in [2.05, 4.69) is 37.6 Å². The highest BCUT2D eigenvalue weighted by atomic mass is 35.5. The van der Waals surface area contributed by atoms with Crippen LogP contribution in [-0.2, 0) is 0 Å². The molecule has 0 radical (unpaired) electrons. The van der Waals surface area contributed by atoms with Crippen LogP contribution in [0.2, 0.25) is 10.0 Å². The molecule has 1 saturated heterocycles. The number of nitrogens with zero attached hydrogens (tertiary/aromatic N) is 5. The summed E-state index contributed by atoms with van der Waals surface area (Å²) in [5.41, 5.74) is 4.78. The lowest BCUT2D eigenvalue weighted by atomic mass is 9.98. The lowest BCUT2D eigenvalue weighted by molar-refractivity contribution is 0.589. The summed E-state index contributed by atoms with van der Waals surface area (Å²) in [5.74, 6) is 2.22. The Morgan fingerprint density at radius 3 is 2.65 bits per heavy atom. The van der Waals surface area contributed by atoms with E-state index in [0.717, 1.165) is 72.5 Å². The molecule has 0 unspecified atom stereocenters. The first-order chi connectivity index (χ1) is 16.7. The van der Waals surface area contributed by atoms with Crippen LogP contribution in [0.5, 0.6) is 0 Å². The summed E-state index contributed by atoms with van der Waals surface area (Å²) < 4.78 is 0. The Bertz CT molecular complexity index is 1310. The number of anilines is 4. The normalized spacial score (nSPS) is 17.1. The molecule has 0 saturated carbocycles. The van der Waals surface area contributed by atoms with Crippen molar-refractivity contribution in [2.75, 3.05) is 54.4 Å². The highest BCUT2D eigenvalue weighted by Crippen LogP contribution is 2.38. The summed E-state index contributed by atoms with van der Waals surface area (Å²) in [6.07, 6.45) is 3.90. The molecule has 2 aromatic carbocycles. The number of halogens is 2. The van der Waals surface area contributed by atoms with Crippen LogP contribution in [0.4, 0.5) is 23.1 Å². The molecule has 0 aliphatic carbocycles. The van der Waals surface area contributed by atoms with Gasteiger partial charge in [0.25, 0.3) is 0 Å². The maximum Gasteiger partial charge on any atom is 0.229 e. The van der Waals surface area contributed by atoms with Crippen molar-refractivity contribution >= 4 is 63.8 Å². The molecule has 1 fully saturated rings. The van der Waals surface area contributed by atoms with Crippen molar-refractivity contribution in [2.45, 2.75) is 0 Å². The Morgan fingerprint density at radius 2 is 1.82 bits per heavy atom. The SMILES string of the molecule is Clc1cc(N2CCNCC2)ccc1Nc1ncc2c(n1)N1CCN=C1C(c1ccccc1Cl)=C2. The second-order valence-corrected chi connectivity index (χ2v) is 9.21. The summed E-state index contributed by atoms with van der Waals surface area (Å²) in [6, 6.07) is 13.9. The van der Waals surface area contributed by atoms with Crippen LogP contribution in [0.3, 0.4) is 0 Å². The maximum atomic E-state index is 6.62. The van der Waals surface area contributed by atoms with E-state index in [1.165, 1.54) is 0 Å². The molecular weight excluding hydrogens is 469 g/mol. The molecule has 0 atom stereocenters. The van der Waals surface area contributed by atoms with Crippen molar-refractivity contribution in [3.8, 4) is 0 Å². The van der Waals surface area contributed by atoms with Gasteiger partial charge in [0.05, 0.1) is 17.3 Å². The van der Waals surface area contributed by atoms with Crippen LogP contribution < -0.4 is 20.4 Å². The van der Waals surface area contributed by atoms with Gasteiger partial charge in [-0.3, -0.25) is 4.99 Å². The number of piperazine rings is 1. The fourth-order valence-electron chi connectivity index (χ4n) is 4.59. The predicted octanol–water partition coefficient (Wildman–Crippen LogP) is 4.71. The molecule has 6 rings (SSSR count). The second-order valence-electron chi connectivity index (χ2n) is 8.39. The Labute approximate surface area is 208 Å². The summed E-state index contributed by atoms with van der Waals surface area (Å²) in [4.78, 5) is 18.6. The van der Waals surface area contributed by atoms with E-state index in [1.807, 2.05) is 42.6 Å². The van der Waals surface area contributed by atoms with Gasteiger partial charge < -0.3 is 20.4 Å². The van der Waals surface area contributed by atoms with Gasteiger partial charge in [0.1, 0.15) is 11.7 Å². The van der Waals surface area contributed by atoms with Crippen molar-refractivity contribution in [1.82, 2.24) is 15.3 Å². The van der Waals surface area contributed by atoms with Crippen molar-refractivity contribution in [3.05, 3.63) is 69.8 Å². The van der Waals surface area contributed by atoms with E-state index >= 15 is 0 Å². The number of hydrogen-bond donors (Lipinski definition) is 2. The van der Waals surface area contributed by atoms with Gasteiger partial charge in [0.2, 0.25) is 5.95 Å². The topological polar surface area (TPSA) is 68.7 Å². The van der Waals surface area contributed by atoms with Crippen molar-refractivity contribution in [2.24, 2.45) is 4.99 Å². The molecule has 2 N–H and O–H groups in total. The second kappa shape index (κ2) is 8.91. The Hall–Kier alpha value is -3.13. The molecule has 34 heavy (non-hydrogen) atoms. The van der Waals surface area contributed by atoms with Crippen molar-refractivity contribution in [3.63, 3.8) is 0 Å². The molecule has 3 aliphatic heterocycles. The van der Waals surface area contributed by atoms with E-state index in [0.29, 0.717) is 22.5 Å². The smallest absolute Gasteiger partial charge is 0.229 e.